The molecule has 0 aliphatic carbocycles. The molecule has 8 nitrogen and oxygen atoms in total. The van der Waals surface area contributed by atoms with Gasteiger partial charge < -0.3 is 14.5 Å². The monoisotopic (exact) mass is 454 g/mol. The third kappa shape index (κ3) is 4.26. The molecule has 28 heavy (non-hydrogen) atoms. The van der Waals surface area contributed by atoms with Gasteiger partial charge in [0, 0.05) is 26.2 Å². The summed E-state index contributed by atoms with van der Waals surface area (Å²) in [6.45, 7) is 11.2. The molecule has 10 heteroatoms. The summed E-state index contributed by atoms with van der Waals surface area (Å²) < 4.78 is 22.1. The van der Waals surface area contributed by atoms with Crippen molar-refractivity contribution >= 4 is 28.0 Å². The highest BCUT2D eigenvalue weighted by Crippen LogP contribution is 2.24. The average molecular weight is 455 g/mol. The number of aromatic nitrogens is 4. The van der Waals surface area contributed by atoms with Crippen LogP contribution in [0.2, 0.25) is 0 Å². The average Bonchev–Trinajstić information content (AvgIpc) is 2.88. The van der Waals surface area contributed by atoms with Gasteiger partial charge in [-0.25, -0.2) is 18.9 Å². The van der Waals surface area contributed by atoms with Gasteiger partial charge in [-0.2, -0.15) is 10.1 Å². The highest BCUT2D eigenvalue weighted by Gasteiger charge is 2.27. The van der Waals surface area contributed by atoms with Crippen molar-refractivity contribution in [2.45, 2.75) is 40.2 Å². The Morgan fingerprint density at radius 3 is 2.39 bits per heavy atom. The lowest BCUT2D eigenvalue weighted by Gasteiger charge is -2.35. The standard InChI is InChI=1S/C18H24BrFN6O2/c1-11-14(19)12(2)26(23-11)15-13(20)10-21-16(22-15)24-6-8-25(9-7-24)17(27)28-18(3,4)5/h10H,6-9H2,1-5H3. The zero-order valence-electron chi connectivity index (χ0n) is 16.7. The maximum atomic E-state index is 14.4. The van der Waals surface area contributed by atoms with Gasteiger partial charge in [-0.15, -0.1) is 0 Å². The molecule has 2 aromatic rings. The van der Waals surface area contributed by atoms with Crippen LogP contribution < -0.4 is 4.90 Å². The molecule has 152 valence electrons. The first-order valence-electron chi connectivity index (χ1n) is 9.04. The Labute approximate surface area is 171 Å². The molecule has 0 aromatic carbocycles. The fourth-order valence-corrected chi connectivity index (χ4v) is 3.14. The van der Waals surface area contributed by atoms with E-state index in [1.54, 1.807) is 4.90 Å². The molecule has 0 bridgehead atoms. The van der Waals surface area contributed by atoms with Gasteiger partial charge in [-0.1, -0.05) is 0 Å². The van der Waals surface area contributed by atoms with Gasteiger partial charge in [0.15, 0.2) is 11.6 Å². The molecule has 0 atom stereocenters. The van der Waals surface area contributed by atoms with Crippen LogP contribution in [0.4, 0.5) is 15.1 Å². The van der Waals surface area contributed by atoms with E-state index in [2.05, 4.69) is 31.0 Å². The second kappa shape index (κ2) is 7.65. The van der Waals surface area contributed by atoms with E-state index in [-0.39, 0.29) is 11.9 Å². The van der Waals surface area contributed by atoms with Gasteiger partial charge in [-0.3, -0.25) is 0 Å². The van der Waals surface area contributed by atoms with Gasteiger partial charge in [0.1, 0.15) is 5.60 Å². The van der Waals surface area contributed by atoms with Crippen LogP contribution >= 0.6 is 15.9 Å². The van der Waals surface area contributed by atoms with Crippen molar-refractivity contribution in [2.24, 2.45) is 0 Å². The van der Waals surface area contributed by atoms with E-state index in [1.807, 2.05) is 39.5 Å². The number of ether oxygens (including phenoxy) is 1. The van der Waals surface area contributed by atoms with Gasteiger partial charge in [0.05, 0.1) is 22.1 Å². The second-order valence-electron chi connectivity index (χ2n) is 7.69. The van der Waals surface area contributed by atoms with Crippen LogP contribution in [-0.4, -0.2) is 62.5 Å². The number of hydrogen-bond donors (Lipinski definition) is 0. The topological polar surface area (TPSA) is 76.4 Å². The summed E-state index contributed by atoms with van der Waals surface area (Å²) in [5.41, 5.74) is 0.982. The lowest BCUT2D eigenvalue weighted by atomic mass is 10.2. The number of nitrogens with zero attached hydrogens (tertiary/aromatic N) is 6. The molecule has 0 spiro atoms. The molecule has 2 aromatic heterocycles. The van der Waals surface area contributed by atoms with Crippen LogP contribution in [0.15, 0.2) is 10.7 Å². The Kier molecular flexibility index (Phi) is 5.60. The molecule has 0 N–H and O–H groups in total. The first-order chi connectivity index (χ1) is 13.1. The van der Waals surface area contributed by atoms with Gasteiger partial charge in [0.2, 0.25) is 5.95 Å². The SMILES string of the molecule is Cc1nn(-c2nc(N3CCN(C(=O)OC(C)(C)C)CC3)ncc2F)c(C)c1Br. The van der Waals surface area contributed by atoms with Crippen molar-refractivity contribution in [3.8, 4) is 5.82 Å². The molecule has 0 saturated carbocycles. The minimum atomic E-state index is -0.547. The number of halogens is 2. The molecule has 0 radical (unpaired) electrons. The van der Waals surface area contributed by atoms with Gasteiger partial charge in [-0.05, 0) is 50.5 Å². The van der Waals surface area contributed by atoms with Crippen molar-refractivity contribution in [3.63, 3.8) is 0 Å². The predicted octanol–water partition coefficient (Wildman–Crippen LogP) is 3.24. The number of hydrogen-bond acceptors (Lipinski definition) is 6. The van der Waals surface area contributed by atoms with Crippen LogP contribution in [0.5, 0.6) is 0 Å². The molecule has 1 fully saturated rings. The lowest BCUT2D eigenvalue weighted by molar-refractivity contribution is 0.0240. The summed E-state index contributed by atoms with van der Waals surface area (Å²) in [6, 6.07) is 0. The molecular weight excluding hydrogens is 431 g/mol. The number of aryl methyl sites for hydroxylation is 1. The van der Waals surface area contributed by atoms with Crippen molar-refractivity contribution in [3.05, 3.63) is 27.9 Å². The first kappa shape index (κ1) is 20.5. The van der Waals surface area contributed by atoms with Crippen LogP contribution in [0.25, 0.3) is 5.82 Å². The first-order valence-corrected chi connectivity index (χ1v) is 9.83. The lowest BCUT2D eigenvalue weighted by Crippen LogP contribution is -2.50. The normalized spacial score (nSPS) is 15.1. The molecule has 1 saturated heterocycles. The Morgan fingerprint density at radius 2 is 1.86 bits per heavy atom. The maximum Gasteiger partial charge on any atom is 0.410 e. The van der Waals surface area contributed by atoms with Crippen molar-refractivity contribution < 1.29 is 13.9 Å². The third-order valence-corrected chi connectivity index (χ3v) is 5.48. The fourth-order valence-electron chi connectivity index (χ4n) is 2.90. The molecule has 1 aliphatic rings. The van der Waals surface area contributed by atoms with E-state index >= 15 is 0 Å². The summed E-state index contributed by atoms with van der Waals surface area (Å²) in [4.78, 5) is 24.3. The number of anilines is 1. The number of piperazine rings is 1. The molecule has 1 amide bonds. The Balaban J connectivity index is 1.76. The van der Waals surface area contributed by atoms with E-state index in [9.17, 15) is 9.18 Å². The number of rotatable bonds is 2. The second-order valence-corrected chi connectivity index (χ2v) is 8.49. The van der Waals surface area contributed by atoms with E-state index in [1.165, 1.54) is 4.68 Å². The van der Waals surface area contributed by atoms with E-state index in [0.717, 1.165) is 22.1 Å². The van der Waals surface area contributed by atoms with E-state index in [4.69, 9.17) is 4.74 Å². The van der Waals surface area contributed by atoms with E-state index < -0.39 is 11.4 Å². The fraction of sp³-hybridized carbons (Fsp3) is 0.556. The zero-order valence-corrected chi connectivity index (χ0v) is 18.2. The van der Waals surface area contributed by atoms with E-state index in [0.29, 0.717) is 32.1 Å². The van der Waals surface area contributed by atoms with Crippen LogP contribution in [0.3, 0.4) is 0 Å². The minimum absolute atomic E-state index is 0.103. The summed E-state index contributed by atoms with van der Waals surface area (Å²) in [5, 5.41) is 4.35. The number of amides is 1. The van der Waals surface area contributed by atoms with Crippen molar-refractivity contribution in [1.29, 1.82) is 0 Å². The quantitative estimate of drug-likeness (QED) is 0.692. The number of carbonyl (C=O) groups excluding carboxylic acids is 1. The third-order valence-electron chi connectivity index (χ3n) is 4.33. The highest BCUT2D eigenvalue weighted by molar-refractivity contribution is 9.10. The van der Waals surface area contributed by atoms with Crippen molar-refractivity contribution in [2.75, 3.05) is 31.1 Å². The minimum Gasteiger partial charge on any atom is -0.444 e. The molecule has 3 heterocycles. The molecule has 3 rings (SSSR count). The smallest absolute Gasteiger partial charge is 0.410 e. The Hall–Kier alpha value is -2.23. The highest BCUT2D eigenvalue weighted by atomic mass is 79.9. The van der Waals surface area contributed by atoms with Crippen LogP contribution in [0.1, 0.15) is 32.2 Å². The zero-order chi connectivity index (χ0) is 20.6. The summed E-state index contributed by atoms with van der Waals surface area (Å²) in [6.07, 6.45) is 0.822. The molecule has 0 unspecified atom stereocenters. The predicted molar refractivity (Wildman–Crippen MR) is 106 cm³/mol. The summed E-state index contributed by atoms with van der Waals surface area (Å²) in [5.74, 6) is -0.0379. The van der Waals surface area contributed by atoms with Gasteiger partial charge in [0.25, 0.3) is 0 Å². The maximum absolute atomic E-state index is 14.4. The van der Waals surface area contributed by atoms with Crippen LogP contribution in [-0.2, 0) is 4.74 Å². The Morgan fingerprint density at radius 1 is 1.21 bits per heavy atom. The molecular formula is C18H24BrFN6O2. The Bertz CT molecular complexity index is 887. The summed E-state index contributed by atoms with van der Waals surface area (Å²) in [7, 11) is 0. The van der Waals surface area contributed by atoms with Gasteiger partial charge >= 0.3 is 6.09 Å². The largest absolute Gasteiger partial charge is 0.444 e. The molecule has 1 aliphatic heterocycles. The van der Waals surface area contributed by atoms with Crippen molar-refractivity contribution in [1.82, 2.24) is 24.6 Å². The van der Waals surface area contributed by atoms with Crippen LogP contribution in [0, 0.1) is 19.7 Å². The summed E-state index contributed by atoms with van der Waals surface area (Å²) >= 11 is 3.45. The number of carbonyl (C=O) groups is 1.